The number of hydrogen-bond acceptors (Lipinski definition) is 2. The predicted molar refractivity (Wildman–Crippen MR) is 48.5 cm³/mol. The number of rotatable bonds is 5. The third-order valence-corrected chi connectivity index (χ3v) is 2.10. The van der Waals surface area contributed by atoms with E-state index in [1.807, 2.05) is 0 Å². The van der Waals surface area contributed by atoms with Gasteiger partial charge in [-0.15, -0.1) is 0 Å². The smallest absolute Gasteiger partial charge is 0.107 e. The zero-order chi connectivity index (χ0) is 8.85. The van der Waals surface area contributed by atoms with Crippen LogP contribution in [0.5, 0.6) is 0 Å². The molecule has 2 heteroatoms. The van der Waals surface area contributed by atoms with Gasteiger partial charge in [-0.05, 0) is 19.3 Å². The first-order valence-corrected chi connectivity index (χ1v) is 4.40. The molecule has 0 amide bonds. The van der Waals surface area contributed by atoms with Gasteiger partial charge in [-0.1, -0.05) is 20.8 Å². The number of methoxy groups -OCH3 is 1. The second-order valence-electron chi connectivity index (χ2n) is 3.33. The lowest BCUT2D eigenvalue weighted by Crippen LogP contribution is -2.40. The summed E-state index contributed by atoms with van der Waals surface area (Å²) < 4.78 is 5.21. The maximum atomic E-state index is 5.21. The maximum absolute atomic E-state index is 5.21. The topological polar surface area (TPSA) is 21.3 Å². The van der Waals surface area contributed by atoms with Crippen molar-refractivity contribution in [3.8, 4) is 0 Å². The Balaban J connectivity index is 3.62. The average molecular weight is 159 g/mol. The van der Waals surface area contributed by atoms with Crippen molar-refractivity contribution in [3.05, 3.63) is 0 Å². The fourth-order valence-corrected chi connectivity index (χ4v) is 0.838. The van der Waals surface area contributed by atoms with Crippen LogP contribution in [0.25, 0.3) is 0 Å². The molecule has 0 heterocycles. The van der Waals surface area contributed by atoms with E-state index in [2.05, 4.69) is 33.0 Å². The lowest BCUT2D eigenvalue weighted by Gasteiger charge is -2.23. The second kappa shape index (κ2) is 5.56. The molecule has 0 aliphatic rings. The molecule has 1 N–H and O–H groups in total. The van der Waals surface area contributed by atoms with Gasteiger partial charge in [0, 0.05) is 13.2 Å². The molecule has 2 nitrogen and oxygen atoms in total. The van der Waals surface area contributed by atoms with Crippen molar-refractivity contribution < 1.29 is 4.74 Å². The van der Waals surface area contributed by atoms with Crippen LogP contribution in [0.4, 0.5) is 0 Å². The molecule has 2 atom stereocenters. The molecule has 0 bridgehead atoms. The molecule has 0 saturated carbocycles. The molecule has 0 saturated heterocycles. The molecule has 1 unspecified atom stereocenters. The molecule has 11 heavy (non-hydrogen) atoms. The minimum Gasteiger partial charge on any atom is -0.367 e. The molecule has 0 rings (SSSR count). The van der Waals surface area contributed by atoms with E-state index in [0.717, 1.165) is 6.42 Å². The molecular formula is C9H21NO. The van der Waals surface area contributed by atoms with Gasteiger partial charge in [-0.25, -0.2) is 0 Å². The van der Waals surface area contributed by atoms with Crippen LogP contribution < -0.4 is 5.32 Å². The van der Waals surface area contributed by atoms with Crippen molar-refractivity contribution in [1.29, 1.82) is 0 Å². The Labute approximate surface area is 70.3 Å². The normalized spacial score (nSPS) is 16.9. The Bertz CT molecular complexity index is 89.6. The van der Waals surface area contributed by atoms with Crippen LogP contribution >= 0.6 is 0 Å². The zero-order valence-corrected chi connectivity index (χ0v) is 8.35. The number of nitrogens with one attached hydrogen (secondary N) is 1. The first kappa shape index (κ1) is 10.9. The molecule has 0 fully saturated rings. The molecule has 0 aromatic rings. The molecule has 0 spiro atoms. The summed E-state index contributed by atoms with van der Waals surface area (Å²) in [6.45, 7) is 8.72. The van der Waals surface area contributed by atoms with Crippen LogP contribution in [0.15, 0.2) is 0 Å². The highest BCUT2D eigenvalue weighted by Gasteiger charge is 2.11. The molecular weight excluding hydrogens is 138 g/mol. The van der Waals surface area contributed by atoms with Gasteiger partial charge in [0.1, 0.15) is 6.23 Å². The van der Waals surface area contributed by atoms with Crippen LogP contribution in [0, 0.1) is 5.92 Å². The monoisotopic (exact) mass is 159 g/mol. The highest BCUT2D eigenvalue weighted by molar-refractivity contribution is 4.66. The molecule has 0 aromatic carbocycles. The Morgan fingerprint density at radius 3 is 2.09 bits per heavy atom. The fourth-order valence-electron chi connectivity index (χ4n) is 0.838. The number of ether oxygens (including phenoxy) is 1. The van der Waals surface area contributed by atoms with Crippen molar-refractivity contribution in [2.24, 2.45) is 5.92 Å². The van der Waals surface area contributed by atoms with Crippen molar-refractivity contribution in [2.75, 3.05) is 7.11 Å². The first-order valence-electron chi connectivity index (χ1n) is 4.40. The number of hydrogen-bond donors (Lipinski definition) is 1. The van der Waals surface area contributed by atoms with Crippen molar-refractivity contribution in [2.45, 2.75) is 46.4 Å². The van der Waals surface area contributed by atoms with E-state index in [9.17, 15) is 0 Å². The van der Waals surface area contributed by atoms with Gasteiger partial charge < -0.3 is 4.74 Å². The highest BCUT2D eigenvalue weighted by atomic mass is 16.5. The third kappa shape index (κ3) is 4.38. The maximum Gasteiger partial charge on any atom is 0.107 e. The van der Waals surface area contributed by atoms with Gasteiger partial charge >= 0.3 is 0 Å². The van der Waals surface area contributed by atoms with Crippen molar-refractivity contribution in [3.63, 3.8) is 0 Å². The Kier molecular flexibility index (Phi) is 5.51. The quantitative estimate of drug-likeness (QED) is 0.619. The summed E-state index contributed by atoms with van der Waals surface area (Å²) in [6.07, 6.45) is 1.24. The lowest BCUT2D eigenvalue weighted by molar-refractivity contribution is 0.0567. The van der Waals surface area contributed by atoms with Gasteiger partial charge in [0.25, 0.3) is 0 Å². The summed E-state index contributed by atoms with van der Waals surface area (Å²) in [4.78, 5) is 0. The van der Waals surface area contributed by atoms with E-state index in [4.69, 9.17) is 4.74 Å². The SMILES string of the molecule is CCC(N[C@H](C)C(C)C)OC. The first-order chi connectivity index (χ1) is 5.11. The summed E-state index contributed by atoms with van der Waals surface area (Å²) in [7, 11) is 1.74. The summed E-state index contributed by atoms with van der Waals surface area (Å²) >= 11 is 0. The van der Waals surface area contributed by atoms with E-state index in [0.29, 0.717) is 12.0 Å². The van der Waals surface area contributed by atoms with Crippen molar-refractivity contribution >= 4 is 0 Å². The summed E-state index contributed by atoms with van der Waals surface area (Å²) in [5.41, 5.74) is 0. The molecule has 0 aliphatic heterocycles. The Hall–Kier alpha value is -0.0800. The van der Waals surface area contributed by atoms with Crippen molar-refractivity contribution in [1.82, 2.24) is 5.32 Å². The van der Waals surface area contributed by atoms with Gasteiger partial charge in [-0.2, -0.15) is 0 Å². The lowest BCUT2D eigenvalue weighted by atomic mass is 10.1. The van der Waals surface area contributed by atoms with Crippen LogP contribution in [0.2, 0.25) is 0 Å². The third-order valence-electron chi connectivity index (χ3n) is 2.10. The standard InChI is InChI=1S/C9H21NO/c1-6-9(11-5)10-8(4)7(2)3/h7-10H,6H2,1-5H3/t8-,9?/m1/s1. The van der Waals surface area contributed by atoms with Gasteiger partial charge in [0.2, 0.25) is 0 Å². The molecule has 0 aliphatic carbocycles. The summed E-state index contributed by atoms with van der Waals surface area (Å²) in [5, 5.41) is 3.39. The summed E-state index contributed by atoms with van der Waals surface area (Å²) in [6, 6.07) is 0.528. The van der Waals surface area contributed by atoms with E-state index in [-0.39, 0.29) is 6.23 Å². The summed E-state index contributed by atoms with van der Waals surface area (Å²) in [5.74, 6) is 0.666. The minimum absolute atomic E-state index is 0.215. The predicted octanol–water partition coefficient (Wildman–Crippen LogP) is 2.00. The zero-order valence-electron chi connectivity index (χ0n) is 8.35. The second-order valence-corrected chi connectivity index (χ2v) is 3.33. The molecule has 0 radical (unpaired) electrons. The van der Waals surface area contributed by atoms with Crippen LogP contribution in [0.3, 0.4) is 0 Å². The van der Waals surface area contributed by atoms with E-state index in [1.165, 1.54) is 0 Å². The average Bonchev–Trinajstić information content (AvgIpc) is 1.99. The Morgan fingerprint density at radius 1 is 1.27 bits per heavy atom. The molecule has 68 valence electrons. The van der Waals surface area contributed by atoms with E-state index in [1.54, 1.807) is 7.11 Å². The van der Waals surface area contributed by atoms with E-state index >= 15 is 0 Å². The van der Waals surface area contributed by atoms with Crippen LogP contribution in [-0.2, 0) is 4.74 Å². The Morgan fingerprint density at radius 2 is 1.82 bits per heavy atom. The van der Waals surface area contributed by atoms with E-state index < -0.39 is 0 Å². The van der Waals surface area contributed by atoms with Gasteiger partial charge in [0.05, 0.1) is 0 Å². The minimum atomic E-state index is 0.215. The largest absolute Gasteiger partial charge is 0.367 e. The van der Waals surface area contributed by atoms with Crippen LogP contribution in [-0.4, -0.2) is 19.4 Å². The van der Waals surface area contributed by atoms with Gasteiger partial charge in [-0.3, -0.25) is 5.32 Å². The molecule has 0 aromatic heterocycles. The fraction of sp³-hybridized carbons (Fsp3) is 1.00. The highest BCUT2D eigenvalue weighted by Crippen LogP contribution is 2.02. The van der Waals surface area contributed by atoms with Crippen LogP contribution in [0.1, 0.15) is 34.1 Å². The van der Waals surface area contributed by atoms with Gasteiger partial charge in [0.15, 0.2) is 0 Å².